The molecule has 2 atom stereocenters. The molecule has 1 aliphatic rings. The lowest BCUT2D eigenvalue weighted by molar-refractivity contribution is 0.0131. The zero-order valence-corrected chi connectivity index (χ0v) is 8.62. The molecule has 1 rings (SSSR count). The lowest BCUT2D eigenvalue weighted by atomic mass is 10.1. The maximum atomic E-state index is 9.59. The van der Waals surface area contributed by atoms with E-state index >= 15 is 0 Å². The average molecular weight is 188 g/mol. The third-order valence-electron chi connectivity index (χ3n) is 2.35. The smallest absolute Gasteiger partial charge is 0.0831 e. The Morgan fingerprint density at radius 3 is 2.46 bits per heavy atom. The Kier molecular flexibility index (Phi) is 3.29. The highest BCUT2D eigenvalue weighted by molar-refractivity contribution is 4.89. The van der Waals surface area contributed by atoms with Gasteiger partial charge in [0.25, 0.3) is 0 Å². The van der Waals surface area contributed by atoms with Gasteiger partial charge in [0.15, 0.2) is 0 Å². The Bertz CT molecular complexity index is 167. The highest BCUT2D eigenvalue weighted by atomic mass is 16.3. The summed E-state index contributed by atoms with van der Waals surface area (Å²) in [6.45, 7) is 5.58. The first-order valence-corrected chi connectivity index (χ1v) is 4.71. The van der Waals surface area contributed by atoms with Gasteiger partial charge < -0.3 is 15.5 Å². The van der Waals surface area contributed by atoms with Crippen LogP contribution in [0, 0.1) is 0 Å². The Hall–Kier alpha value is -0.160. The van der Waals surface area contributed by atoms with Gasteiger partial charge in [0.1, 0.15) is 0 Å². The molecule has 1 aliphatic heterocycles. The van der Waals surface area contributed by atoms with Crippen molar-refractivity contribution in [2.45, 2.75) is 31.6 Å². The first-order valence-electron chi connectivity index (χ1n) is 4.71. The van der Waals surface area contributed by atoms with E-state index in [-0.39, 0.29) is 12.1 Å². The molecule has 0 aromatic heterocycles. The van der Waals surface area contributed by atoms with E-state index in [1.54, 1.807) is 13.8 Å². The predicted octanol–water partition coefficient (Wildman–Crippen LogP) is -0.978. The van der Waals surface area contributed by atoms with Gasteiger partial charge in [-0.1, -0.05) is 0 Å². The van der Waals surface area contributed by atoms with Crippen LogP contribution in [0.25, 0.3) is 0 Å². The van der Waals surface area contributed by atoms with E-state index in [1.807, 2.05) is 11.9 Å². The Labute approximate surface area is 79.6 Å². The molecule has 0 saturated carbocycles. The molecule has 0 radical (unpaired) electrons. The van der Waals surface area contributed by atoms with Crippen molar-refractivity contribution >= 4 is 0 Å². The van der Waals surface area contributed by atoms with Crippen LogP contribution in [0.4, 0.5) is 0 Å². The summed E-state index contributed by atoms with van der Waals surface area (Å²) in [6, 6.07) is 0.131. The number of hydrogen-bond donors (Lipinski definition) is 3. The third kappa shape index (κ3) is 3.23. The zero-order valence-electron chi connectivity index (χ0n) is 8.62. The highest BCUT2D eigenvalue weighted by Crippen LogP contribution is 2.11. The second-order valence-electron chi connectivity index (χ2n) is 4.52. The van der Waals surface area contributed by atoms with Crippen LogP contribution in [0.2, 0.25) is 0 Å². The van der Waals surface area contributed by atoms with Crippen LogP contribution >= 0.6 is 0 Å². The van der Waals surface area contributed by atoms with Gasteiger partial charge >= 0.3 is 0 Å². The lowest BCUT2D eigenvalue weighted by Crippen LogP contribution is -2.47. The molecule has 0 aromatic rings. The fourth-order valence-corrected chi connectivity index (χ4v) is 1.83. The average Bonchev–Trinajstić information content (AvgIpc) is 2.30. The van der Waals surface area contributed by atoms with E-state index in [9.17, 15) is 10.2 Å². The van der Waals surface area contributed by atoms with Gasteiger partial charge in [-0.25, -0.2) is 0 Å². The second kappa shape index (κ2) is 3.92. The third-order valence-corrected chi connectivity index (χ3v) is 2.35. The van der Waals surface area contributed by atoms with E-state index in [0.717, 1.165) is 6.54 Å². The zero-order chi connectivity index (χ0) is 10.1. The van der Waals surface area contributed by atoms with Crippen LogP contribution in [0.15, 0.2) is 0 Å². The summed E-state index contributed by atoms with van der Waals surface area (Å²) < 4.78 is 0. The highest BCUT2D eigenvalue weighted by Gasteiger charge is 2.30. The number of aliphatic hydroxyl groups excluding tert-OH is 1. The van der Waals surface area contributed by atoms with E-state index in [0.29, 0.717) is 13.1 Å². The molecule has 3 N–H and O–H groups in total. The van der Waals surface area contributed by atoms with Crippen molar-refractivity contribution in [2.24, 2.45) is 0 Å². The van der Waals surface area contributed by atoms with Gasteiger partial charge in [-0.3, -0.25) is 4.90 Å². The molecule has 0 aromatic carbocycles. The van der Waals surface area contributed by atoms with Crippen molar-refractivity contribution in [3.8, 4) is 0 Å². The minimum absolute atomic E-state index is 0.131. The molecule has 0 amide bonds. The number of rotatable bonds is 3. The number of β-amino-alcohol motifs (C(OH)–C–C–N with tert-alkyl or cyclic N) is 1. The quantitative estimate of drug-likeness (QED) is 0.533. The predicted molar refractivity (Wildman–Crippen MR) is 51.6 cm³/mol. The summed E-state index contributed by atoms with van der Waals surface area (Å²) in [6.07, 6.45) is -0.313. The van der Waals surface area contributed by atoms with Crippen molar-refractivity contribution in [1.82, 2.24) is 10.2 Å². The Balaban J connectivity index is 2.43. The van der Waals surface area contributed by atoms with Gasteiger partial charge in [0.2, 0.25) is 0 Å². The van der Waals surface area contributed by atoms with Crippen molar-refractivity contribution in [3.05, 3.63) is 0 Å². The molecule has 1 saturated heterocycles. The first kappa shape index (κ1) is 10.9. The fourth-order valence-electron chi connectivity index (χ4n) is 1.83. The molecule has 4 heteroatoms. The van der Waals surface area contributed by atoms with Gasteiger partial charge in [-0.15, -0.1) is 0 Å². The van der Waals surface area contributed by atoms with Gasteiger partial charge in [-0.05, 0) is 20.9 Å². The molecular formula is C9H20N2O2. The van der Waals surface area contributed by atoms with E-state index in [4.69, 9.17) is 0 Å². The topological polar surface area (TPSA) is 55.7 Å². The summed E-state index contributed by atoms with van der Waals surface area (Å²) in [4.78, 5) is 2.00. The van der Waals surface area contributed by atoms with Crippen LogP contribution in [-0.2, 0) is 0 Å². The minimum atomic E-state index is -0.697. The molecule has 0 bridgehead atoms. The number of aliphatic hydroxyl groups is 2. The van der Waals surface area contributed by atoms with E-state index in [2.05, 4.69) is 5.32 Å². The van der Waals surface area contributed by atoms with Crippen molar-refractivity contribution in [3.63, 3.8) is 0 Å². The number of nitrogens with zero attached hydrogens (tertiary/aromatic N) is 1. The lowest BCUT2D eigenvalue weighted by Gasteiger charge is -2.31. The number of nitrogens with one attached hydrogen (secondary N) is 1. The number of hydrogen-bond acceptors (Lipinski definition) is 4. The fraction of sp³-hybridized carbons (Fsp3) is 1.00. The van der Waals surface area contributed by atoms with Crippen LogP contribution < -0.4 is 5.32 Å². The maximum absolute atomic E-state index is 9.59. The Morgan fingerprint density at radius 2 is 2.08 bits per heavy atom. The number of likely N-dealkylation sites (N-methyl/N-ethyl adjacent to an activating group) is 1. The Morgan fingerprint density at radius 1 is 1.46 bits per heavy atom. The summed E-state index contributed by atoms with van der Waals surface area (Å²) in [5.41, 5.74) is -0.697. The first-order chi connectivity index (χ1) is 5.90. The van der Waals surface area contributed by atoms with Crippen LogP contribution in [0.5, 0.6) is 0 Å². The molecule has 0 spiro atoms. The van der Waals surface area contributed by atoms with E-state index in [1.165, 1.54) is 0 Å². The second-order valence-corrected chi connectivity index (χ2v) is 4.52. The normalized spacial score (nSPS) is 30.0. The standard InChI is InChI=1S/C9H20N2O2/c1-9(2,13)6-11(3)7-4-10-5-8(7)12/h7-8,10,12-13H,4-6H2,1-3H3/t7-,8-/m1/s1. The van der Waals surface area contributed by atoms with Gasteiger partial charge in [-0.2, -0.15) is 0 Å². The molecule has 4 nitrogen and oxygen atoms in total. The summed E-state index contributed by atoms with van der Waals surface area (Å²) in [5, 5.41) is 22.3. The molecule has 0 unspecified atom stereocenters. The largest absolute Gasteiger partial charge is 0.390 e. The molecule has 1 fully saturated rings. The van der Waals surface area contributed by atoms with E-state index < -0.39 is 5.60 Å². The minimum Gasteiger partial charge on any atom is -0.390 e. The van der Waals surface area contributed by atoms with Crippen molar-refractivity contribution in [1.29, 1.82) is 0 Å². The molecule has 13 heavy (non-hydrogen) atoms. The molecule has 0 aliphatic carbocycles. The van der Waals surface area contributed by atoms with Crippen LogP contribution in [-0.4, -0.2) is 59.5 Å². The van der Waals surface area contributed by atoms with Crippen molar-refractivity contribution in [2.75, 3.05) is 26.7 Å². The van der Waals surface area contributed by atoms with Crippen LogP contribution in [0.3, 0.4) is 0 Å². The SMILES string of the molecule is CN(CC(C)(C)O)[C@@H]1CNC[C@H]1O. The summed E-state index contributed by atoms with van der Waals surface area (Å²) >= 11 is 0. The molecule has 1 heterocycles. The monoisotopic (exact) mass is 188 g/mol. The van der Waals surface area contributed by atoms with Crippen molar-refractivity contribution < 1.29 is 10.2 Å². The van der Waals surface area contributed by atoms with Gasteiger partial charge in [0.05, 0.1) is 11.7 Å². The molecule has 78 valence electrons. The maximum Gasteiger partial charge on any atom is 0.0831 e. The molecular weight excluding hydrogens is 168 g/mol. The summed E-state index contributed by atoms with van der Waals surface area (Å²) in [7, 11) is 1.93. The van der Waals surface area contributed by atoms with Crippen LogP contribution in [0.1, 0.15) is 13.8 Å². The van der Waals surface area contributed by atoms with Gasteiger partial charge in [0, 0.05) is 25.7 Å². The summed E-state index contributed by atoms with van der Waals surface area (Å²) in [5.74, 6) is 0.